The van der Waals surface area contributed by atoms with E-state index in [0.717, 1.165) is 24.1 Å². The normalized spacial score (nSPS) is 23.9. The number of hydrogen-bond donors (Lipinski definition) is 2. The Bertz CT molecular complexity index is 389. The Morgan fingerprint density at radius 1 is 1.53 bits per heavy atom. The van der Waals surface area contributed by atoms with Crippen molar-refractivity contribution in [1.82, 2.24) is 5.32 Å². The number of nitrogens with two attached hydrogens (primary N) is 1. The van der Waals surface area contributed by atoms with Gasteiger partial charge in [0.05, 0.1) is 4.88 Å². The van der Waals surface area contributed by atoms with Crippen molar-refractivity contribution >= 4 is 17.2 Å². The number of hydrogen-bond acceptors (Lipinski definition) is 3. The fourth-order valence-electron chi connectivity index (χ4n) is 2.44. The van der Waals surface area contributed by atoms with Gasteiger partial charge in [0.25, 0.3) is 5.91 Å². The molecule has 0 radical (unpaired) electrons. The van der Waals surface area contributed by atoms with Crippen LogP contribution in [0.2, 0.25) is 0 Å². The van der Waals surface area contributed by atoms with Crippen LogP contribution in [0, 0.1) is 5.92 Å². The summed E-state index contributed by atoms with van der Waals surface area (Å²) in [5.41, 5.74) is 5.72. The fraction of sp³-hybridized carbons (Fsp3) is 0.615. The minimum Gasteiger partial charge on any atom is -0.348 e. The van der Waals surface area contributed by atoms with E-state index >= 15 is 0 Å². The molecule has 0 bridgehead atoms. The van der Waals surface area contributed by atoms with Crippen LogP contribution in [-0.4, -0.2) is 18.5 Å². The van der Waals surface area contributed by atoms with Gasteiger partial charge in [-0.3, -0.25) is 4.79 Å². The molecule has 0 aliphatic heterocycles. The zero-order chi connectivity index (χ0) is 12.3. The topological polar surface area (TPSA) is 55.1 Å². The van der Waals surface area contributed by atoms with Gasteiger partial charge in [-0.15, -0.1) is 11.3 Å². The third kappa shape index (κ3) is 2.87. The molecule has 0 spiro atoms. The molecule has 17 heavy (non-hydrogen) atoms. The predicted octanol–water partition coefficient (Wildman–Crippen LogP) is 2.17. The first kappa shape index (κ1) is 12.6. The van der Waals surface area contributed by atoms with Gasteiger partial charge in [-0.1, -0.05) is 13.3 Å². The van der Waals surface area contributed by atoms with E-state index in [0.29, 0.717) is 12.5 Å². The summed E-state index contributed by atoms with van der Waals surface area (Å²) in [6, 6.07) is 4.24. The molecule has 94 valence electrons. The first-order valence-corrected chi connectivity index (χ1v) is 7.16. The number of carbonyl (C=O) groups excluding carboxylic acids is 1. The van der Waals surface area contributed by atoms with E-state index in [4.69, 9.17) is 5.73 Å². The van der Waals surface area contributed by atoms with Gasteiger partial charge >= 0.3 is 0 Å². The van der Waals surface area contributed by atoms with Crippen LogP contribution in [0.25, 0.3) is 0 Å². The summed E-state index contributed by atoms with van der Waals surface area (Å²) in [7, 11) is 0. The lowest BCUT2D eigenvalue weighted by atomic mass is 10.0. The highest BCUT2D eigenvalue weighted by atomic mass is 32.1. The molecule has 3 nitrogen and oxygen atoms in total. The van der Waals surface area contributed by atoms with Gasteiger partial charge in [-0.2, -0.15) is 0 Å². The molecule has 4 heteroatoms. The van der Waals surface area contributed by atoms with Gasteiger partial charge in [-0.25, -0.2) is 0 Å². The molecule has 0 saturated heterocycles. The molecule has 1 aliphatic carbocycles. The Labute approximate surface area is 106 Å². The molecule has 1 amide bonds. The lowest BCUT2D eigenvalue weighted by molar-refractivity contribution is 0.0933. The van der Waals surface area contributed by atoms with Crippen molar-refractivity contribution in [2.75, 3.05) is 6.54 Å². The smallest absolute Gasteiger partial charge is 0.261 e. The van der Waals surface area contributed by atoms with Gasteiger partial charge in [-0.05, 0) is 43.9 Å². The van der Waals surface area contributed by atoms with Crippen molar-refractivity contribution < 1.29 is 4.79 Å². The second kappa shape index (κ2) is 5.65. The Kier molecular flexibility index (Phi) is 4.18. The van der Waals surface area contributed by atoms with E-state index in [1.165, 1.54) is 11.3 Å². The van der Waals surface area contributed by atoms with E-state index < -0.39 is 0 Å². The number of thiophene rings is 1. The van der Waals surface area contributed by atoms with Gasteiger partial charge in [0.1, 0.15) is 0 Å². The Hall–Kier alpha value is -0.870. The van der Waals surface area contributed by atoms with Crippen LogP contribution in [0.1, 0.15) is 40.7 Å². The number of carbonyl (C=O) groups is 1. The summed E-state index contributed by atoms with van der Waals surface area (Å²) in [4.78, 5) is 14.1. The van der Waals surface area contributed by atoms with Gasteiger partial charge in [0.15, 0.2) is 0 Å². The minimum atomic E-state index is 0.0695. The monoisotopic (exact) mass is 252 g/mol. The van der Waals surface area contributed by atoms with Crippen molar-refractivity contribution in [3.63, 3.8) is 0 Å². The van der Waals surface area contributed by atoms with E-state index in [1.807, 2.05) is 12.1 Å². The van der Waals surface area contributed by atoms with Crippen LogP contribution < -0.4 is 11.1 Å². The van der Waals surface area contributed by atoms with Crippen LogP contribution in [0.15, 0.2) is 12.1 Å². The lowest BCUT2D eigenvalue weighted by Crippen LogP contribution is -2.39. The van der Waals surface area contributed by atoms with Gasteiger partial charge in [0, 0.05) is 10.9 Å². The zero-order valence-corrected chi connectivity index (χ0v) is 11.1. The molecule has 2 rings (SSSR count). The third-order valence-corrected chi connectivity index (χ3v) is 4.74. The number of rotatable bonds is 4. The molecule has 2 atom stereocenters. The fourth-order valence-corrected chi connectivity index (χ4v) is 3.29. The van der Waals surface area contributed by atoms with E-state index in [1.54, 1.807) is 11.3 Å². The van der Waals surface area contributed by atoms with Gasteiger partial charge in [0.2, 0.25) is 0 Å². The molecule has 1 heterocycles. The highest BCUT2D eigenvalue weighted by molar-refractivity contribution is 7.14. The van der Waals surface area contributed by atoms with Crippen LogP contribution >= 0.6 is 11.3 Å². The average molecular weight is 252 g/mol. The first-order valence-electron chi connectivity index (χ1n) is 6.34. The summed E-state index contributed by atoms with van der Waals surface area (Å²) < 4.78 is 0. The molecule has 1 fully saturated rings. The predicted molar refractivity (Wildman–Crippen MR) is 71.3 cm³/mol. The van der Waals surface area contributed by atoms with Crippen molar-refractivity contribution in [1.29, 1.82) is 0 Å². The standard InChI is InChI=1S/C13H20N2OS/c1-2-10-6-7-12(17-10)13(16)15-11-5-3-4-9(11)8-14/h6-7,9,11H,2-5,8,14H2,1H3,(H,15,16). The highest BCUT2D eigenvalue weighted by Crippen LogP contribution is 2.25. The summed E-state index contributed by atoms with van der Waals surface area (Å²) in [6.07, 6.45) is 4.38. The van der Waals surface area contributed by atoms with Crippen LogP contribution in [-0.2, 0) is 6.42 Å². The van der Waals surface area contributed by atoms with Crippen LogP contribution in [0.4, 0.5) is 0 Å². The van der Waals surface area contributed by atoms with Crippen molar-refractivity contribution in [2.24, 2.45) is 11.7 Å². The number of amides is 1. The maximum atomic E-state index is 12.0. The molecule has 1 aliphatic rings. The van der Waals surface area contributed by atoms with Gasteiger partial charge < -0.3 is 11.1 Å². The summed E-state index contributed by atoms with van der Waals surface area (Å²) in [6.45, 7) is 2.78. The summed E-state index contributed by atoms with van der Waals surface area (Å²) >= 11 is 1.59. The Morgan fingerprint density at radius 2 is 2.35 bits per heavy atom. The molecule has 1 aromatic heterocycles. The maximum absolute atomic E-state index is 12.0. The highest BCUT2D eigenvalue weighted by Gasteiger charge is 2.27. The van der Waals surface area contributed by atoms with E-state index in [-0.39, 0.29) is 11.9 Å². The average Bonchev–Trinajstić information content (AvgIpc) is 2.96. The van der Waals surface area contributed by atoms with Crippen LogP contribution in [0.5, 0.6) is 0 Å². The lowest BCUT2D eigenvalue weighted by Gasteiger charge is -2.18. The van der Waals surface area contributed by atoms with Crippen molar-refractivity contribution in [3.8, 4) is 0 Å². The minimum absolute atomic E-state index is 0.0695. The van der Waals surface area contributed by atoms with E-state index in [9.17, 15) is 4.79 Å². The third-order valence-electron chi connectivity index (χ3n) is 3.51. The van der Waals surface area contributed by atoms with Crippen LogP contribution in [0.3, 0.4) is 0 Å². The molecule has 2 unspecified atom stereocenters. The van der Waals surface area contributed by atoms with E-state index in [2.05, 4.69) is 12.2 Å². The summed E-state index contributed by atoms with van der Waals surface area (Å²) in [5, 5.41) is 3.13. The molecule has 0 aromatic carbocycles. The van der Waals surface area contributed by atoms with Crippen molar-refractivity contribution in [2.45, 2.75) is 38.6 Å². The summed E-state index contributed by atoms with van der Waals surface area (Å²) in [5.74, 6) is 0.532. The SMILES string of the molecule is CCc1ccc(C(=O)NC2CCCC2CN)s1. The first-order chi connectivity index (χ1) is 8.24. The molecular weight excluding hydrogens is 232 g/mol. The second-order valence-corrected chi connectivity index (χ2v) is 5.79. The Morgan fingerprint density at radius 3 is 3.00 bits per heavy atom. The zero-order valence-electron chi connectivity index (χ0n) is 10.2. The molecular formula is C13H20N2OS. The molecule has 1 aromatic rings. The quantitative estimate of drug-likeness (QED) is 0.863. The maximum Gasteiger partial charge on any atom is 0.261 e. The largest absolute Gasteiger partial charge is 0.348 e. The Balaban J connectivity index is 1.96. The van der Waals surface area contributed by atoms with Crippen molar-refractivity contribution in [3.05, 3.63) is 21.9 Å². The molecule has 3 N–H and O–H groups in total. The number of nitrogens with one attached hydrogen (secondary N) is 1. The number of aryl methyl sites for hydroxylation is 1. The molecule has 1 saturated carbocycles. The second-order valence-electron chi connectivity index (χ2n) is 4.63.